The predicted octanol–water partition coefficient (Wildman–Crippen LogP) is 4.91. The average molecular weight is 518 g/mol. The van der Waals surface area contributed by atoms with Gasteiger partial charge in [-0.1, -0.05) is 44.5 Å². The fraction of sp³-hybridized carbons (Fsp3) is 0.571. The number of pyridine rings is 1. The minimum Gasteiger partial charge on any atom is -0.471 e. The van der Waals surface area contributed by atoms with Gasteiger partial charge < -0.3 is 20.5 Å². The third kappa shape index (κ3) is 6.55. The topological polar surface area (TPSA) is 83.5 Å². The van der Waals surface area contributed by atoms with Crippen LogP contribution in [0.2, 0.25) is 5.02 Å². The number of hydrogen-bond acceptors (Lipinski definition) is 5. The fourth-order valence-corrected chi connectivity index (χ4v) is 5.30. The van der Waals surface area contributed by atoms with Crippen molar-refractivity contribution in [1.29, 1.82) is 0 Å². The Morgan fingerprint density at radius 3 is 2.58 bits per heavy atom. The van der Waals surface area contributed by atoms with Crippen molar-refractivity contribution in [3.05, 3.63) is 58.0 Å². The van der Waals surface area contributed by atoms with Crippen molar-refractivity contribution in [3.8, 4) is 5.88 Å². The molecule has 3 N–H and O–H groups in total. The van der Waals surface area contributed by atoms with Crippen LogP contribution in [-0.4, -0.2) is 40.3 Å². The molecule has 196 valence electrons. The van der Waals surface area contributed by atoms with Crippen molar-refractivity contribution >= 4 is 17.5 Å². The minimum absolute atomic E-state index is 0.0894. The largest absolute Gasteiger partial charge is 0.471 e. The zero-order valence-electron chi connectivity index (χ0n) is 21.5. The second kappa shape index (κ2) is 10.6. The molecule has 0 bridgehead atoms. The molecule has 2 heterocycles. The second-order valence-electron chi connectivity index (χ2n) is 11.6. The first kappa shape index (κ1) is 26.8. The van der Waals surface area contributed by atoms with Crippen molar-refractivity contribution in [2.45, 2.75) is 90.0 Å². The molecule has 1 aliphatic heterocycles. The van der Waals surface area contributed by atoms with E-state index in [0.29, 0.717) is 29.3 Å². The van der Waals surface area contributed by atoms with E-state index in [1.807, 2.05) is 18.2 Å². The molecular formula is C28H37ClFN3O3. The highest BCUT2D eigenvalue weighted by atomic mass is 35.5. The maximum absolute atomic E-state index is 14.9. The van der Waals surface area contributed by atoms with Crippen LogP contribution >= 0.6 is 11.6 Å². The standard InChI is InChI=1S/C28H37ClFN3O3/c1-17(34)32-22(12-18-6-8-20(29)9-7-18)24(35)16-31-23-15-28(10-5-11-28)36-26-21(23)13-19(25(30)33-26)14-27(2,3)4/h6-9,13,22-24,31,35H,5,10-12,14-16H2,1-4H3,(H,32,34)/t22-,23-,24+/m0/s1. The zero-order valence-corrected chi connectivity index (χ0v) is 22.3. The van der Waals surface area contributed by atoms with Gasteiger partial charge in [0.05, 0.1) is 12.1 Å². The summed E-state index contributed by atoms with van der Waals surface area (Å²) < 4.78 is 21.1. The molecule has 1 amide bonds. The highest BCUT2D eigenvalue weighted by Crippen LogP contribution is 2.48. The van der Waals surface area contributed by atoms with Crippen LogP contribution in [-0.2, 0) is 17.6 Å². The third-order valence-corrected chi connectivity index (χ3v) is 7.34. The van der Waals surface area contributed by atoms with Crippen molar-refractivity contribution in [1.82, 2.24) is 15.6 Å². The maximum atomic E-state index is 14.9. The molecule has 1 aliphatic carbocycles. The summed E-state index contributed by atoms with van der Waals surface area (Å²) in [5.41, 5.74) is 1.94. The molecule has 8 heteroatoms. The summed E-state index contributed by atoms with van der Waals surface area (Å²) in [7, 11) is 0. The van der Waals surface area contributed by atoms with E-state index in [9.17, 15) is 14.3 Å². The first-order valence-corrected chi connectivity index (χ1v) is 13.1. The molecule has 2 aromatic rings. The Morgan fingerprint density at radius 2 is 2.00 bits per heavy atom. The van der Waals surface area contributed by atoms with Crippen LogP contribution in [0.5, 0.6) is 5.88 Å². The van der Waals surface area contributed by atoms with E-state index in [-0.39, 0.29) is 29.5 Å². The molecule has 36 heavy (non-hydrogen) atoms. The maximum Gasteiger partial charge on any atom is 0.221 e. The Labute approximate surface area is 218 Å². The number of halogens is 2. The number of carbonyl (C=O) groups excluding carboxylic acids is 1. The number of benzene rings is 1. The van der Waals surface area contributed by atoms with Gasteiger partial charge in [-0.2, -0.15) is 9.37 Å². The van der Waals surface area contributed by atoms with Crippen LogP contribution < -0.4 is 15.4 Å². The van der Waals surface area contributed by atoms with Crippen molar-refractivity contribution < 1.29 is 19.0 Å². The number of rotatable bonds is 8. The number of ether oxygens (including phenoxy) is 1. The molecule has 0 unspecified atom stereocenters. The number of aromatic nitrogens is 1. The first-order valence-electron chi connectivity index (χ1n) is 12.7. The Morgan fingerprint density at radius 1 is 1.31 bits per heavy atom. The van der Waals surface area contributed by atoms with E-state index >= 15 is 0 Å². The van der Waals surface area contributed by atoms with Crippen molar-refractivity contribution in [2.75, 3.05) is 6.54 Å². The van der Waals surface area contributed by atoms with Gasteiger partial charge in [0.1, 0.15) is 5.60 Å². The lowest BCUT2D eigenvalue weighted by Gasteiger charge is -2.47. The second-order valence-corrected chi connectivity index (χ2v) is 12.0. The quantitative estimate of drug-likeness (QED) is 0.433. The number of hydrogen-bond donors (Lipinski definition) is 3. The first-order chi connectivity index (χ1) is 16.9. The summed E-state index contributed by atoms with van der Waals surface area (Å²) >= 11 is 6.00. The monoisotopic (exact) mass is 517 g/mol. The number of carbonyl (C=O) groups is 1. The smallest absolute Gasteiger partial charge is 0.221 e. The molecule has 0 saturated heterocycles. The summed E-state index contributed by atoms with van der Waals surface area (Å²) in [5.74, 6) is -0.334. The average Bonchev–Trinajstić information content (AvgIpc) is 2.76. The van der Waals surface area contributed by atoms with E-state index < -0.39 is 18.1 Å². The molecule has 2 aliphatic rings. The van der Waals surface area contributed by atoms with Gasteiger partial charge >= 0.3 is 0 Å². The van der Waals surface area contributed by atoms with Gasteiger partial charge in [-0.05, 0) is 61.3 Å². The van der Waals surface area contributed by atoms with E-state index in [0.717, 1.165) is 36.8 Å². The fourth-order valence-electron chi connectivity index (χ4n) is 5.17. The SMILES string of the molecule is CC(=O)N[C@@H](Cc1ccc(Cl)cc1)[C@H](O)CN[C@H]1CC2(CCC2)Oc2nc(F)c(CC(C)(C)C)cc21. The van der Waals surface area contributed by atoms with Crippen LogP contribution in [0.15, 0.2) is 30.3 Å². The predicted molar refractivity (Wildman–Crippen MR) is 139 cm³/mol. The Kier molecular flexibility index (Phi) is 7.93. The lowest BCUT2D eigenvalue weighted by molar-refractivity contribution is -0.120. The number of nitrogens with zero attached hydrogens (tertiary/aromatic N) is 1. The molecule has 1 aromatic carbocycles. The third-order valence-electron chi connectivity index (χ3n) is 7.09. The number of aliphatic hydroxyl groups is 1. The Hall–Kier alpha value is -2.22. The van der Waals surface area contributed by atoms with Gasteiger partial charge in [-0.3, -0.25) is 4.79 Å². The molecule has 1 saturated carbocycles. The summed E-state index contributed by atoms with van der Waals surface area (Å²) in [4.78, 5) is 16.1. The number of fused-ring (bicyclic) bond motifs is 1. The molecule has 1 aromatic heterocycles. The number of amides is 1. The van der Waals surface area contributed by atoms with Gasteiger partial charge in [-0.25, -0.2) is 0 Å². The highest BCUT2D eigenvalue weighted by Gasteiger charge is 2.46. The molecule has 6 nitrogen and oxygen atoms in total. The summed E-state index contributed by atoms with van der Waals surface area (Å²) in [6.07, 6.45) is 3.81. The highest BCUT2D eigenvalue weighted by molar-refractivity contribution is 6.30. The zero-order chi connectivity index (χ0) is 26.1. The van der Waals surface area contributed by atoms with Gasteiger partial charge in [0.2, 0.25) is 17.7 Å². The lowest BCUT2D eigenvalue weighted by Crippen LogP contribution is -2.52. The lowest BCUT2D eigenvalue weighted by atomic mass is 9.73. The van der Waals surface area contributed by atoms with E-state index in [1.165, 1.54) is 6.92 Å². The van der Waals surface area contributed by atoms with Gasteiger partial charge in [-0.15, -0.1) is 0 Å². The normalized spacial score (nSPS) is 20.1. The molecule has 3 atom stereocenters. The molecular weight excluding hydrogens is 481 g/mol. The van der Waals surface area contributed by atoms with Gasteiger partial charge in [0.25, 0.3) is 0 Å². The minimum atomic E-state index is -0.837. The molecule has 1 spiro atoms. The van der Waals surface area contributed by atoms with Crippen LogP contribution in [0.25, 0.3) is 0 Å². The van der Waals surface area contributed by atoms with Crippen molar-refractivity contribution in [2.24, 2.45) is 5.41 Å². The van der Waals surface area contributed by atoms with Crippen LogP contribution in [0.3, 0.4) is 0 Å². The number of nitrogens with one attached hydrogen (secondary N) is 2. The van der Waals surface area contributed by atoms with E-state index in [4.69, 9.17) is 16.3 Å². The van der Waals surface area contributed by atoms with Crippen LogP contribution in [0.4, 0.5) is 4.39 Å². The Bertz CT molecular complexity index is 1080. The molecule has 1 fully saturated rings. The summed E-state index contributed by atoms with van der Waals surface area (Å²) in [5, 5.41) is 18.1. The van der Waals surface area contributed by atoms with Gasteiger partial charge in [0, 0.05) is 42.1 Å². The van der Waals surface area contributed by atoms with Crippen LogP contribution in [0, 0.1) is 11.4 Å². The molecule has 4 rings (SSSR count). The number of aliphatic hydroxyl groups excluding tert-OH is 1. The summed E-state index contributed by atoms with van der Waals surface area (Å²) in [6.45, 7) is 7.91. The molecule has 0 radical (unpaired) electrons. The summed E-state index contributed by atoms with van der Waals surface area (Å²) in [6, 6.07) is 8.64. The van der Waals surface area contributed by atoms with E-state index in [1.54, 1.807) is 12.1 Å². The van der Waals surface area contributed by atoms with Gasteiger partial charge in [0.15, 0.2) is 0 Å². The Balaban J connectivity index is 1.53. The van der Waals surface area contributed by atoms with E-state index in [2.05, 4.69) is 36.4 Å². The van der Waals surface area contributed by atoms with Crippen molar-refractivity contribution in [3.63, 3.8) is 0 Å². The van der Waals surface area contributed by atoms with Crippen LogP contribution in [0.1, 0.15) is 76.1 Å².